The van der Waals surface area contributed by atoms with Crippen molar-refractivity contribution in [1.29, 1.82) is 0 Å². The van der Waals surface area contributed by atoms with Crippen molar-refractivity contribution in [3.05, 3.63) is 33.4 Å². The van der Waals surface area contributed by atoms with Crippen LogP contribution in [0.5, 0.6) is 0 Å². The normalized spacial score (nSPS) is 11.1. The zero-order valence-electron chi connectivity index (χ0n) is 11.1. The zero-order chi connectivity index (χ0) is 14.5. The van der Waals surface area contributed by atoms with Crippen LogP contribution in [-0.2, 0) is 4.79 Å². The minimum absolute atomic E-state index is 0.152. The summed E-state index contributed by atoms with van der Waals surface area (Å²) in [4.78, 5) is 23.3. The first-order valence-corrected chi connectivity index (χ1v) is 7.30. The second kappa shape index (κ2) is 6.88. The van der Waals surface area contributed by atoms with Crippen LogP contribution >= 0.6 is 22.6 Å². The number of hydrogen-bond donors (Lipinski definition) is 2. The van der Waals surface area contributed by atoms with Crippen LogP contribution < -0.4 is 5.32 Å². The van der Waals surface area contributed by atoms with Crippen molar-refractivity contribution < 1.29 is 14.7 Å². The van der Waals surface area contributed by atoms with Crippen LogP contribution in [0.15, 0.2) is 24.3 Å². The average Bonchev–Trinajstić information content (AvgIpc) is 2.40. The predicted molar refractivity (Wildman–Crippen MR) is 82.1 cm³/mol. The molecule has 0 heterocycles. The summed E-state index contributed by atoms with van der Waals surface area (Å²) in [6.45, 7) is 3.81. The molecular weight excluding hydrogens is 357 g/mol. The van der Waals surface area contributed by atoms with Gasteiger partial charge in [-0.25, -0.2) is 0 Å². The van der Waals surface area contributed by atoms with E-state index in [0.29, 0.717) is 18.4 Å². The van der Waals surface area contributed by atoms with Gasteiger partial charge in [-0.1, -0.05) is 19.9 Å². The fraction of sp³-hybridized carbons (Fsp3) is 0.429. The van der Waals surface area contributed by atoms with Gasteiger partial charge in [0, 0.05) is 15.7 Å². The molecule has 0 aliphatic heterocycles. The van der Waals surface area contributed by atoms with E-state index >= 15 is 0 Å². The molecule has 1 aromatic carbocycles. The number of hydrogen-bond acceptors (Lipinski definition) is 2. The third-order valence-corrected chi connectivity index (χ3v) is 4.15. The van der Waals surface area contributed by atoms with E-state index in [2.05, 4.69) is 27.9 Å². The van der Waals surface area contributed by atoms with Gasteiger partial charge in [0.25, 0.3) is 5.91 Å². The number of benzene rings is 1. The topological polar surface area (TPSA) is 66.4 Å². The first kappa shape index (κ1) is 15.9. The van der Waals surface area contributed by atoms with Gasteiger partial charge in [-0.2, -0.15) is 0 Å². The van der Waals surface area contributed by atoms with Gasteiger partial charge < -0.3 is 10.4 Å². The average molecular weight is 375 g/mol. The zero-order valence-corrected chi connectivity index (χ0v) is 13.2. The molecule has 19 heavy (non-hydrogen) atoms. The molecule has 0 radical (unpaired) electrons. The molecule has 104 valence electrons. The first-order chi connectivity index (χ1) is 8.95. The van der Waals surface area contributed by atoms with Crippen molar-refractivity contribution in [3.63, 3.8) is 0 Å². The Bertz CT molecular complexity index is 470. The van der Waals surface area contributed by atoms with E-state index in [-0.39, 0.29) is 12.5 Å². The smallest absolute Gasteiger partial charge is 0.311 e. The van der Waals surface area contributed by atoms with Crippen LogP contribution in [0, 0.1) is 8.99 Å². The summed E-state index contributed by atoms with van der Waals surface area (Å²) in [5.41, 5.74) is -0.323. The van der Waals surface area contributed by atoms with Crippen molar-refractivity contribution in [2.75, 3.05) is 6.54 Å². The minimum atomic E-state index is -0.877. The lowest BCUT2D eigenvalue weighted by Gasteiger charge is -2.26. The monoisotopic (exact) mass is 375 g/mol. The third-order valence-electron chi connectivity index (χ3n) is 3.48. The van der Waals surface area contributed by atoms with E-state index in [9.17, 15) is 14.7 Å². The number of aliphatic carboxylic acids is 1. The lowest BCUT2D eigenvalue weighted by molar-refractivity contribution is -0.149. The number of rotatable bonds is 6. The fourth-order valence-corrected chi connectivity index (χ4v) is 2.40. The second-order valence-electron chi connectivity index (χ2n) is 4.49. The molecule has 0 saturated heterocycles. The Labute approximate surface area is 126 Å². The number of nitrogens with one attached hydrogen (secondary N) is 1. The van der Waals surface area contributed by atoms with Gasteiger partial charge >= 0.3 is 5.97 Å². The Morgan fingerprint density at radius 2 is 1.95 bits per heavy atom. The molecule has 1 aromatic rings. The van der Waals surface area contributed by atoms with Crippen LogP contribution in [0.3, 0.4) is 0 Å². The number of halogens is 1. The van der Waals surface area contributed by atoms with Crippen LogP contribution in [0.25, 0.3) is 0 Å². The van der Waals surface area contributed by atoms with E-state index in [1.54, 1.807) is 18.2 Å². The van der Waals surface area contributed by atoms with E-state index < -0.39 is 11.4 Å². The molecule has 0 atom stereocenters. The molecule has 0 saturated carbocycles. The highest BCUT2D eigenvalue weighted by atomic mass is 127. The largest absolute Gasteiger partial charge is 0.481 e. The van der Waals surface area contributed by atoms with Gasteiger partial charge in [0.1, 0.15) is 0 Å². The molecule has 0 bridgehead atoms. The Hall–Kier alpha value is -1.11. The second-order valence-corrected chi connectivity index (χ2v) is 5.73. The van der Waals surface area contributed by atoms with Crippen LogP contribution in [0.4, 0.5) is 0 Å². The minimum Gasteiger partial charge on any atom is -0.481 e. The lowest BCUT2D eigenvalue weighted by atomic mass is 9.82. The quantitative estimate of drug-likeness (QED) is 0.752. The molecular formula is C14H18INO3. The van der Waals surface area contributed by atoms with Gasteiger partial charge in [-0.05, 0) is 53.6 Å². The number of carboxylic acid groups (broad SMARTS) is 1. The van der Waals surface area contributed by atoms with Crippen molar-refractivity contribution in [2.24, 2.45) is 5.41 Å². The summed E-state index contributed by atoms with van der Waals surface area (Å²) < 4.78 is 0.973. The van der Waals surface area contributed by atoms with Gasteiger partial charge in [-0.3, -0.25) is 9.59 Å². The maximum atomic E-state index is 12.0. The van der Waals surface area contributed by atoms with Crippen molar-refractivity contribution in [1.82, 2.24) is 5.32 Å². The van der Waals surface area contributed by atoms with Crippen molar-refractivity contribution in [3.8, 4) is 0 Å². The highest BCUT2D eigenvalue weighted by Crippen LogP contribution is 2.25. The Morgan fingerprint density at radius 3 is 2.42 bits per heavy atom. The standard InChI is InChI=1S/C14H18INO3/c1-3-14(4-2,13(18)19)9-16-12(17)10-6-5-7-11(15)8-10/h5-8H,3-4,9H2,1-2H3,(H,16,17)(H,18,19). The highest BCUT2D eigenvalue weighted by Gasteiger charge is 2.35. The Balaban J connectivity index is 2.75. The molecule has 0 spiro atoms. The summed E-state index contributed by atoms with van der Waals surface area (Å²) in [6.07, 6.45) is 0.983. The van der Waals surface area contributed by atoms with Gasteiger partial charge in [0.2, 0.25) is 0 Å². The first-order valence-electron chi connectivity index (χ1n) is 6.22. The number of carbonyl (C=O) groups excluding carboxylic acids is 1. The van der Waals surface area contributed by atoms with Gasteiger partial charge in [0.05, 0.1) is 5.41 Å². The fourth-order valence-electron chi connectivity index (χ4n) is 1.86. The summed E-state index contributed by atoms with van der Waals surface area (Å²) >= 11 is 2.13. The predicted octanol–water partition coefficient (Wildman–Crippen LogP) is 2.91. The van der Waals surface area contributed by atoms with E-state index in [1.165, 1.54) is 0 Å². The molecule has 0 aromatic heterocycles. The van der Waals surface area contributed by atoms with Crippen molar-refractivity contribution in [2.45, 2.75) is 26.7 Å². The summed E-state index contributed by atoms with van der Waals surface area (Å²) in [7, 11) is 0. The van der Waals surface area contributed by atoms with Crippen LogP contribution in [0.2, 0.25) is 0 Å². The molecule has 0 aliphatic carbocycles. The summed E-state index contributed by atoms with van der Waals surface area (Å²) in [5.74, 6) is -1.09. The van der Waals surface area contributed by atoms with E-state index in [0.717, 1.165) is 3.57 Å². The van der Waals surface area contributed by atoms with Crippen LogP contribution in [-0.4, -0.2) is 23.5 Å². The molecule has 1 amide bonds. The maximum absolute atomic E-state index is 12.0. The number of carbonyl (C=O) groups is 2. The third kappa shape index (κ3) is 3.92. The molecule has 0 unspecified atom stereocenters. The SMILES string of the molecule is CCC(CC)(CNC(=O)c1cccc(I)c1)C(=O)O. The number of amides is 1. The molecule has 0 fully saturated rings. The molecule has 4 nitrogen and oxygen atoms in total. The van der Waals surface area contributed by atoms with Crippen molar-refractivity contribution >= 4 is 34.5 Å². The summed E-state index contributed by atoms with van der Waals surface area (Å²) in [5, 5.41) is 12.0. The molecule has 2 N–H and O–H groups in total. The Kier molecular flexibility index (Phi) is 5.78. The van der Waals surface area contributed by atoms with Gasteiger partial charge in [0.15, 0.2) is 0 Å². The molecule has 5 heteroatoms. The Morgan fingerprint density at radius 1 is 1.32 bits per heavy atom. The van der Waals surface area contributed by atoms with E-state index in [1.807, 2.05) is 19.9 Å². The lowest BCUT2D eigenvalue weighted by Crippen LogP contribution is -2.42. The van der Waals surface area contributed by atoms with Crippen LogP contribution in [0.1, 0.15) is 37.0 Å². The highest BCUT2D eigenvalue weighted by molar-refractivity contribution is 14.1. The summed E-state index contributed by atoms with van der Waals surface area (Å²) in [6, 6.07) is 7.20. The maximum Gasteiger partial charge on any atom is 0.311 e. The van der Waals surface area contributed by atoms with E-state index in [4.69, 9.17) is 0 Å². The van der Waals surface area contributed by atoms with Gasteiger partial charge in [-0.15, -0.1) is 0 Å². The molecule has 0 aliphatic rings. The molecule has 1 rings (SSSR count). The number of carboxylic acids is 1.